The molecule has 0 aromatic carbocycles. The summed E-state index contributed by atoms with van der Waals surface area (Å²) in [6.45, 7) is 8.57. The van der Waals surface area contributed by atoms with Gasteiger partial charge in [0.05, 0.1) is 13.2 Å². The summed E-state index contributed by atoms with van der Waals surface area (Å²) in [5, 5.41) is 6.43. The van der Waals surface area contributed by atoms with E-state index in [0.29, 0.717) is 26.1 Å². The van der Waals surface area contributed by atoms with Gasteiger partial charge in [0.1, 0.15) is 0 Å². The van der Waals surface area contributed by atoms with Crippen LogP contribution in [-0.2, 0) is 16.1 Å². The molecule has 1 aromatic heterocycles. The Morgan fingerprint density at radius 1 is 1.33 bits per heavy atom. The molecule has 5 nitrogen and oxygen atoms in total. The number of carbonyl (C=O) groups is 1. The van der Waals surface area contributed by atoms with Crippen LogP contribution < -0.4 is 10.6 Å². The molecule has 0 spiro atoms. The lowest BCUT2D eigenvalue weighted by Crippen LogP contribution is -2.37. The molecule has 0 saturated carbocycles. The highest BCUT2D eigenvalue weighted by Gasteiger charge is 2.02. The summed E-state index contributed by atoms with van der Waals surface area (Å²) < 4.78 is 4.89. The van der Waals surface area contributed by atoms with Crippen molar-refractivity contribution in [3.63, 3.8) is 0 Å². The quantitative estimate of drug-likeness (QED) is 0.335. The lowest BCUT2D eigenvalue weighted by Gasteiger charge is -2.10. The van der Waals surface area contributed by atoms with E-state index in [4.69, 9.17) is 4.74 Å². The van der Waals surface area contributed by atoms with E-state index in [1.807, 2.05) is 13.8 Å². The Bertz CT molecular complexity index is 458. The van der Waals surface area contributed by atoms with Crippen LogP contribution >= 0.6 is 11.3 Å². The smallest absolute Gasteiger partial charge is 0.305 e. The zero-order chi connectivity index (χ0) is 15.5. The maximum absolute atomic E-state index is 11.2. The molecule has 6 heteroatoms. The van der Waals surface area contributed by atoms with E-state index in [1.165, 1.54) is 9.75 Å². The molecule has 0 unspecified atom stereocenters. The minimum atomic E-state index is -0.143. The second-order valence-electron chi connectivity index (χ2n) is 4.54. The molecule has 0 aliphatic rings. The third-order valence-electron chi connectivity index (χ3n) is 2.69. The number of carbonyl (C=O) groups excluding carboxylic acids is 1. The van der Waals surface area contributed by atoms with Crippen LogP contribution in [0.4, 0.5) is 0 Å². The van der Waals surface area contributed by atoms with Crippen molar-refractivity contribution in [3.8, 4) is 0 Å². The number of rotatable bonds is 8. The molecule has 0 radical (unpaired) electrons. The maximum Gasteiger partial charge on any atom is 0.305 e. The molecule has 0 atom stereocenters. The average molecular weight is 311 g/mol. The first-order valence-corrected chi connectivity index (χ1v) is 8.20. The van der Waals surface area contributed by atoms with Gasteiger partial charge in [-0.05, 0) is 39.3 Å². The molecule has 0 aliphatic heterocycles. The highest BCUT2D eigenvalue weighted by atomic mass is 32.1. The van der Waals surface area contributed by atoms with Gasteiger partial charge in [-0.1, -0.05) is 0 Å². The Kier molecular flexibility index (Phi) is 8.50. The van der Waals surface area contributed by atoms with Gasteiger partial charge in [-0.3, -0.25) is 4.79 Å². The SMILES string of the molecule is CCNC(=NCc1ccc(C)s1)NCCCC(=O)OCC. The number of thiophene rings is 1. The van der Waals surface area contributed by atoms with Crippen molar-refractivity contribution in [3.05, 3.63) is 21.9 Å². The molecule has 2 N–H and O–H groups in total. The number of aryl methyl sites for hydroxylation is 1. The third-order valence-corrected chi connectivity index (χ3v) is 3.67. The first kappa shape index (κ1) is 17.5. The summed E-state index contributed by atoms with van der Waals surface area (Å²) in [6.07, 6.45) is 1.17. The van der Waals surface area contributed by atoms with Gasteiger partial charge in [-0.2, -0.15) is 0 Å². The first-order valence-electron chi connectivity index (χ1n) is 7.38. The van der Waals surface area contributed by atoms with Crippen LogP contribution in [0.1, 0.15) is 36.4 Å². The summed E-state index contributed by atoms with van der Waals surface area (Å²) in [4.78, 5) is 18.3. The monoisotopic (exact) mass is 311 g/mol. The third kappa shape index (κ3) is 7.70. The van der Waals surface area contributed by atoms with Gasteiger partial charge >= 0.3 is 5.97 Å². The van der Waals surface area contributed by atoms with E-state index in [9.17, 15) is 4.79 Å². The van der Waals surface area contributed by atoms with E-state index in [0.717, 1.165) is 18.9 Å². The number of hydrogen-bond acceptors (Lipinski definition) is 4. The second-order valence-corrected chi connectivity index (χ2v) is 5.92. The van der Waals surface area contributed by atoms with Gasteiger partial charge in [-0.25, -0.2) is 4.99 Å². The molecule has 1 heterocycles. The molecule has 0 aliphatic carbocycles. The van der Waals surface area contributed by atoms with Gasteiger partial charge < -0.3 is 15.4 Å². The lowest BCUT2D eigenvalue weighted by molar-refractivity contribution is -0.143. The fourth-order valence-corrected chi connectivity index (χ4v) is 2.56. The predicted octanol–water partition coefficient (Wildman–Crippen LogP) is 2.45. The van der Waals surface area contributed by atoms with Crippen LogP contribution in [0.5, 0.6) is 0 Å². The van der Waals surface area contributed by atoms with Crippen molar-refractivity contribution < 1.29 is 9.53 Å². The predicted molar refractivity (Wildman–Crippen MR) is 87.7 cm³/mol. The molecule has 21 heavy (non-hydrogen) atoms. The van der Waals surface area contributed by atoms with E-state index in [2.05, 4.69) is 34.7 Å². The Hall–Kier alpha value is -1.56. The summed E-state index contributed by atoms with van der Waals surface area (Å²) >= 11 is 1.76. The molecule has 0 saturated heterocycles. The number of nitrogens with one attached hydrogen (secondary N) is 2. The zero-order valence-corrected chi connectivity index (χ0v) is 13.9. The fraction of sp³-hybridized carbons (Fsp3) is 0.600. The second kappa shape index (κ2) is 10.2. The van der Waals surface area contributed by atoms with Crippen LogP contribution in [0, 0.1) is 6.92 Å². The molecular weight excluding hydrogens is 286 g/mol. The van der Waals surface area contributed by atoms with Crippen molar-refractivity contribution >= 4 is 23.3 Å². The number of guanidine groups is 1. The number of aliphatic imine (C=N–C) groups is 1. The van der Waals surface area contributed by atoms with Gasteiger partial charge in [0.25, 0.3) is 0 Å². The van der Waals surface area contributed by atoms with Crippen LogP contribution in [0.2, 0.25) is 0 Å². The Labute approximate surface area is 130 Å². The minimum absolute atomic E-state index is 0.143. The van der Waals surface area contributed by atoms with Gasteiger partial charge in [-0.15, -0.1) is 11.3 Å². The fourth-order valence-electron chi connectivity index (χ4n) is 1.74. The standard InChI is InChI=1S/C15H25N3O2S/c1-4-16-15(17-10-6-7-14(19)20-5-2)18-11-13-9-8-12(3)21-13/h8-9H,4-7,10-11H2,1-3H3,(H2,16,17,18). The van der Waals surface area contributed by atoms with Crippen molar-refractivity contribution in [2.24, 2.45) is 4.99 Å². The first-order chi connectivity index (χ1) is 10.2. The van der Waals surface area contributed by atoms with E-state index < -0.39 is 0 Å². The summed E-state index contributed by atoms with van der Waals surface area (Å²) in [5.41, 5.74) is 0. The average Bonchev–Trinajstić information content (AvgIpc) is 2.87. The maximum atomic E-state index is 11.2. The van der Waals surface area contributed by atoms with Gasteiger partial charge in [0.2, 0.25) is 0 Å². The van der Waals surface area contributed by atoms with E-state index in [1.54, 1.807) is 11.3 Å². The molecule has 0 bridgehead atoms. The summed E-state index contributed by atoms with van der Waals surface area (Å²) in [5.74, 6) is 0.641. The number of nitrogens with zero attached hydrogens (tertiary/aromatic N) is 1. The van der Waals surface area contributed by atoms with Crippen LogP contribution in [-0.4, -0.2) is 31.6 Å². The molecule has 118 valence electrons. The Balaban J connectivity index is 2.33. The number of hydrogen-bond donors (Lipinski definition) is 2. The highest BCUT2D eigenvalue weighted by Crippen LogP contribution is 2.15. The number of ether oxygens (including phenoxy) is 1. The Morgan fingerprint density at radius 2 is 2.14 bits per heavy atom. The zero-order valence-electron chi connectivity index (χ0n) is 13.1. The van der Waals surface area contributed by atoms with Crippen LogP contribution in [0.15, 0.2) is 17.1 Å². The summed E-state index contributed by atoms with van der Waals surface area (Å²) in [6, 6.07) is 4.21. The number of esters is 1. The molecular formula is C15H25N3O2S. The minimum Gasteiger partial charge on any atom is -0.466 e. The molecule has 1 aromatic rings. The van der Waals surface area contributed by atoms with Gasteiger partial charge in [0, 0.05) is 29.3 Å². The van der Waals surface area contributed by atoms with Crippen molar-refractivity contribution in [1.82, 2.24) is 10.6 Å². The largest absolute Gasteiger partial charge is 0.466 e. The van der Waals surface area contributed by atoms with Crippen molar-refractivity contribution in [2.75, 3.05) is 19.7 Å². The van der Waals surface area contributed by atoms with Gasteiger partial charge in [0.15, 0.2) is 5.96 Å². The molecule has 0 amide bonds. The van der Waals surface area contributed by atoms with E-state index >= 15 is 0 Å². The van der Waals surface area contributed by atoms with Crippen molar-refractivity contribution in [1.29, 1.82) is 0 Å². The van der Waals surface area contributed by atoms with Crippen LogP contribution in [0.25, 0.3) is 0 Å². The Morgan fingerprint density at radius 3 is 2.76 bits per heavy atom. The summed E-state index contributed by atoms with van der Waals surface area (Å²) in [7, 11) is 0. The molecule has 0 fully saturated rings. The highest BCUT2D eigenvalue weighted by molar-refractivity contribution is 7.11. The molecule has 1 rings (SSSR count). The van der Waals surface area contributed by atoms with E-state index in [-0.39, 0.29) is 5.97 Å². The van der Waals surface area contributed by atoms with Crippen molar-refractivity contribution in [2.45, 2.75) is 40.2 Å². The topological polar surface area (TPSA) is 62.7 Å². The van der Waals surface area contributed by atoms with Crippen LogP contribution in [0.3, 0.4) is 0 Å². The lowest BCUT2D eigenvalue weighted by atomic mass is 10.3. The normalized spacial score (nSPS) is 11.3.